The second-order valence-corrected chi connectivity index (χ2v) is 4.07. The Labute approximate surface area is 94.6 Å². The third-order valence-corrected chi connectivity index (χ3v) is 2.78. The van der Waals surface area contributed by atoms with E-state index < -0.39 is 0 Å². The molecular weight excluding hydrogens is 202 g/mol. The Morgan fingerprint density at radius 2 is 2.06 bits per heavy atom. The number of aromatic nitrogens is 1. The topological polar surface area (TPSA) is 31.2 Å². The van der Waals surface area contributed by atoms with Crippen LogP contribution in [0.15, 0.2) is 18.3 Å². The Morgan fingerprint density at radius 1 is 1.38 bits per heavy atom. The number of rotatable bonds is 2. The lowest BCUT2D eigenvalue weighted by Gasteiger charge is -2.06. The van der Waals surface area contributed by atoms with Crippen molar-refractivity contribution in [3.8, 4) is 5.75 Å². The monoisotopic (exact) mass is 217 g/mol. The van der Waals surface area contributed by atoms with E-state index in [9.17, 15) is 4.79 Å². The first-order valence-electron chi connectivity index (χ1n) is 5.19. The molecule has 0 atom stereocenters. The smallest absolute Gasteiger partial charge is 0.161 e. The van der Waals surface area contributed by atoms with Crippen LogP contribution in [-0.4, -0.2) is 17.5 Å². The van der Waals surface area contributed by atoms with Crippen LogP contribution in [0.1, 0.15) is 22.8 Å². The first kappa shape index (κ1) is 10.7. The first-order valence-corrected chi connectivity index (χ1v) is 5.19. The summed E-state index contributed by atoms with van der Waals surface area (Å²) >= 11 is 0. The fourth-order valence-corrected chi connectivity index (χ4v) is 2.08. The van der Waals surface area contributed by atoms with Gasteiger partial charge < -0.3 is 9.30 Å². The maximum absolute atomic E-state index is 11.5. The number of Topliss-reactive ketones (excluding diaryl/α,β-unsaturated/α-hetero) is 1. The highest BCUT2D eigenvalue weighted by Gasteiger charge is 2.14. The minimum Gasteiger partial charge on any atom is -0.495 e. The fourth-order valence-electron chi connectivity index (χ4n) is 2.08. The van der Waals surface area contributed by atoms with Gasteiger partial charge in [0, 0.05) is 24.2 Å². The Morgan fingerprint density at radius 3 is 2.62 bits per heavy atom. The number of carbonyl (C=O) groups is 1. The summed E-state index contributed by atoms with van der Waals surface area (Å²) in [6.45, 7) is 3.59. The molecule has 0 aliphatic heterocycles. The number of aryl methyl sites for hydroxylation is 2. The van der Waals surface area contributed by atoms with Gasteiger partial charge in [-0.15, -0.1) is 0 Å². The molecule has 3 heteroatoms. The minimum atomic E-state index is 0.0817. The van der Waals surface area contributed by atoms with E-state index >= 15 is 0 Å². The minimum absolute atomic E-state index is 0.0817. The van der Waals surface area contributed by atoms with Gasteiger partial charge in [-0.2, -0.15) is 0 Å². The molecule has 0 aliphatic rings. The summed E-state index contributed by atoms with van der Waals surface area (Å²) in [4.78, 5) is 11.5. The molecule has 0 fully saturated rings. The number of methoxy groups -OCH3 is 1. The number of carbonyl (C=O) groups excluding carboxylic acids is 1. The zero-order valence-corrected chi connectivity index (χ0v) is 10.00. The molecular formula is C13H15NO2. The summed E-state index contributed by atoms with van der Waals surface area (Å²) in [6.07, 6.45) is 1.86. The van der Waals surface area contributed by atoms with Gasteiger partial charge >= 0.3 is 0 Å². The van der Waals surface area contributed by atoms with Crippen LogP contribution in [0, 0.1) is 6.92 Å². The molecule has 1 heterocycles. The lowest BCUT2D eigenvalue weighted by molar-refractivity contribution is 0.101. The van der Waals surface area contributed by atoms with Crippen LogP contribution in [-0.2, 0) is 7.05 Å². The van der Waals surface area contributed by atoms with Crippen LogP contribution in [0.3, 0.4) is 0 Å². The van der Waals surface area contributed by atoms with Gasteiger partial charge in [0.2, 0.25) is 0 Å². The van der Waals surface area contributed by atoms with Crippen molar-refractivity contribution in [1.29, 1.82) is 0 Å². The molecule has 0 saturated heterocycles. The summed E-state index contributed by atoms with van der Waals surface area (Å²) in [6, 6.07) is 4.00. The van der Waals surface area contributed by atoms with E-state index in [0.717, 1.165) is 27.8 Å². The summed E-state index contributed by atoms with van der Waals surface area (Å²) < 4.78 is 7.28. The normalized spacial score (nSPS) is 10.8. The molecule has 0 radical (unpaired) electrons. The van der Waals surface area contributed by atoms with Crippen molar-refractivity contribution in [2.24, 2.45) is 7.05 Å². The number of hydrogen-bond donors (Lipinski definition) is 0. The van der Waals surface area contributed by atoms with E-state index in [4.69, 9.17) is 4.74 Å². The van der Waals surface area contributed by atoms with Gasteiger partial charge in [0.15, 0.2) is 5.78 Å². The number of ketones is 1. The second-order valence-electron chi connectivity index (χ2n) is 4.07. The van der Waals surface area contributed by atoms with E-state index in [1.165, 1.54) is 0 Å². The quantitative estimate of drug-likeness (QED) is 0.724. The maximum atomic E-state index is 11.5. The molecule has 0 unspecified atom stereocenters. The third-order valence-electron chi connectivity index (χ3n) is 2.78. The summed E-state index contributed by atoms with van der Waals surface area (Å²) in [5.74, 6) is 0.892. The molecule has 2 rings (SSSR count). The maximum Gasteiger partial charge on any atom is 0.161 e. The molecule has 1 aromatic heterocycles. The van der Waals surface area contributed by atoms with Gasteiger partial charge in [0.1, 0.15) is 5.75 Å². The molecule has 2 aromatic rings. The zero-order chi connectivity index (χ0) is 11.9. The van der Waals surface area contributed by atoms with Crippen molar-refractivity contribution in [1.82, 2.24) is 4.57 Å². The van der Waals surface area contributed by atoms with E-state index in [0.29, 0.717) is 0 Å². The summed E-state index contributed by atoms with van der Waals surface area (Å²) in [7, 11) is 3.57. The van der Waals surface area contributed by atoms with Crippen molar-refractivity contribution < 1.29 is 9.53 Å². The van der Waals surface area contributed by atoms with E-state index in [2.05, 4.69) is 0 Å². The van der Waals surface area contributed by atoms with Crippen LogP contribution in [0.4, 0.5) is 0 Å². The Kier molecular flexibility index (Phi) is 2.46. The van der Waals surface area contributed by atoms with Crippen molar-refractivity contribution in [3.63, 3.8) is 0 Å². The van der Waals surface area contributed by atoms with Gasteiger partial charge in [0.05, 0.1) is 12.6 Å². The highest BCUT2D eigenvalue weighted by atomic mass is 16.5. The van der Waals surface area contributed by atoms with Gasteiger partial charge in [-0.3, -0.25) is 4.79 Å². The van der Waals surface area contributed by atoms with Crippen LogP contribution in [0.5, 0.6) is 5.75 Å². The largest absolute Gasteiger partial charge is 0.495 e. The molecule has 0 aliphatic carbocycles. The van der Waals surface area contributed by atoms with Crippen molar-refractivity contribution in [2.75, 3.05) is 7.11 Å². The lowest BCUT2D eigenvalue weighted by atomic mass is 10.1. The summed E-state index contributed by atoms with van der Waals surface area (Å²) in [5, 5.41) is 0.965. The standard InChI is InChI=1S/C13H15NO2/c1-8-5-10-11(9(2)15)7-14(3)13(10)12(6-8)16-4/h5-7H,1-4H3. The van der Waals surface area contributed by atoms with Gasteiger partial charge in [0.25, 0.3) is 0 Å². The van der Waals surface area contributed by atoms with Gasteiger partial charge in [-0.25, -0.2) is 0 Å². The molecule has 0 amide bonds. The number of fused-ring (bicyclic) bond motifs is 1. The average Bonchev–Trinajstić information content (AvgIpc) is 2.55. The Bertz CT molecular complexity index is 567. The number of hydrogen-bond acceptors (Lipinski definition) is 2. The molecule has 16 heavy (non-hydrogen) atoms. The van der Waals surface area contributed by atoms with Crippen molar-refractivity contribution in [3.05, 3.63) is 29.5 Å². The number of ether oxygens (including phenoxy) is 1. The third kappa shape index (κ3) is 1.48. The van der Waals surface area contributed by atoms with Crippen LogP contribution in [0.2, 0.25) is 0 Å². The van der Waals surface area contributed by atoms with Gasteiger partial charge in [-0.05, 0) is 31.5 Å². The van der Waals surface area contributed by atoms with Gasteiger partial charge in [-0.1, -0.05) is 0 Å². The van der Waals surface area contributed by atoms with Crippen molar-refractivity contribution >= 4 is 16.7 Å². The molecule has 3 nitrogen and oxygen atoms in total. The summed E-state index contributed by atoms with van der Waals surface area (Å²) in [5.41, 5.74) is 2.82. The molecule has 84 valence electrons. The molecule has 1 aromatic carbocycles. The zero-order valence-electron chi connectivity index (χ0n) is 10.00. The Hall–Kier alpha value is -1.77. The molecule has 0 N–H and O–H groups in total. The lowest BCUT2D eigenvalue weighted by Crippen LogP contribution is -1.91. The SMILES string of the molecule is COc1cc(C)cc2c(C(C)=O)cn(C)c12. The van der Waals surface area contributed by atoms with E-state index in [-0.39, 0.29) is 5.78 Å². The molecule has 0 saturated carbocycles. The van der Waals surface area contributed by atoms with E-state index in [1.807, 2.05) is 36.9 Å². The van der Waals surface area contributed by atoms with Crippen molar-refractivity contribution in [2.45, 2.75) is 13.8 Å². The van der Waals surface area contributed by atoms with Crippen LogP contribution in [0.25, 0.3) is 10.9 Å². The predicted molar refractivity (Wildman–Crippen MR) is 64.2 cm³/mol. The average molecular weight is 217 g/mol. The molecule has 0 spiro atoms. The number of nitrogens with zero attached hydrogens (tertiary/aromatic N) is 1. The highest BCUT2D eigenvalue weighted by Crippen LogP contribution is 2.30. The number of benzene rings is 1. The van der Waals surface area contributed by atoms with Crippen LogP contribution < -0.4 is 4.74 Å². The predicted octanol–water partition coefficient (Wildman–Crippen LogP) is 2.70. The van der Waals surface area contributed by atoms with Crippen LogP contribution >= 0.6 is 0 Å². The molecule has 0 bridgehead atoms. The highest BCUT2D eigenvalue weighted by molar-refractivity contribution is 6.08. The fraction of sp³-hybridized carbons (Fsp3) is 0.308. The second kappa shape index (κ2) is 3.67. The van der Waals surface area contributed by atoms with E-state index in [1.54, 1.807) is 14.0 Å². The Balaban J connectivity index is 2.90. The first-order chi connectivity index (χ1) is 7.54.